The van der Waals surface area contributed by atoms with Crippen LogP contribution in [0.25, 0.3) is 0 Å². The Morgan fingerprint density at radius 1 is 1.32 bits per heavy atom. The van der Waals surface area contributed by atoms with Gasteiger partial charge in [0.05, 0.1) is 4.92 Å². The Bertz CT molecular complexity index is 436. The monoisotopic (exact) mass is 267 g/mol. The molecule has 0 spiro atoms. The molecule has 1 heterocycles. The molecule has 0 aliphatic heterocycles. The zero-order valence-corrected chi connectivity index (χ0v) is 11.9. The highest BCUT2D eigenvalue weighted by Gasteiger charge is 2.19. The minimum absolute atomic E-state index is 0.0337. The summed E-state index contributed by atoms with van der Waals surface area (Å²) in [6, 6.07) is 3.09. The van der Waals surface area contributed by atoms with Crippen molar-refractivity contribution in [3.8, 4) is 0 Å². The molecule has 0 unspecified atom stereocenters. The van der Waals surface area contributed by atoms with Gasteiger partial charge < -0.3 is 15.1 Å². The van der Waals surface area contributed by atoms with Gasteiger partial charge in [0.2, 0.25) is 5.82 Å². The number of nitro groups is 1. The van der Waals surface area contributed by atoms with Gasteiger partial charge in [0.25, 0.3) is 0 Å². The quantitative estimate of drug-likeness (QED) is 0.595. The van der Waals surface area contributed by atoms with Crippen LogP contribution in [0.3, 0.4) is 0 Å². The highest BCUT2D eigenvalue weighted by Crippen LogP contribution is 2.26. The number of aromatic nitrogens is 1. The molecular formula is C12H21N5O2. The van der Waals surface area contributed by atoms with E-state index >= 15 is 0 Å². The van der Waals surface area contributed by atoms with Crippen molar-refractivity contribution in [1.82, 2.24) is 9.88 Å². The maximum absolute atomic E-state index is 11.0. The SMILES string of the molecule is CNc1ccc([N+](=O)[O-])c(N(C)CCCN(C)C)n1. The van der Waals surface area contributed by atoms with E-state index in [1.54, 1.807) is 13.1 Å². The van der Waals surface area contributed by atoms with E-state index in [0.717, 1.165) is 19.5 Å². The average molecular weight is 267 g/mol. The van der Waals surface area contributed by atoms with Crippen LogP contribution in [0.5, 0.6) is 0 Å². The second kappa shape index (κ2) is 6.89. The molecule has 19 heavy (non-hydrogen) atoms. The summed E-state index contributed by atoms with van der Waals surface area (Å²) in [7, 11) is 7.57. The number of anilines is 2. The van der Waals surface area contributed by atoms with Gasteiger partial charge in [-0.25, -0.2) is 4.98 Å². The van der Waals surface area contributed by atoms with Crippen LogP contribution in [0.4, 0.5) is 17.3 Å². The van der Waals surface area contributed by atoms with E-state index in [1.165, 1.54) is 6.07 Å². The van der Waals surface area contributed by atoms with Gasteiger partial charge in [-0.2, -0.15) is 0 Å². The Balaban J connectivity index is 2.86. The summed E-state index contributed by atoms with van der Waals surface area (Å²) in [5.41, 5.74) is 0.0337. The van der Waals surface area contributed by atoms with Crippen molar-refractivity contribution in [1.29, 1.82) is 0 Å². The van der Waals surface area contributed by atoms with E-state index in [-0.39, 0.29) is 5.69 Å². The predicted octanol–water partition coefficient (Wildman–Crippen LogP) is 1.42. The molecule has 0 aliphatic rings. The molecule has 0 fully saturated rings. The molecule has 1 N–H and O–H groups in total. The maximum atomic E-state index is 11.0. The van der Waals surface area contributed by atoms with Gasteiger partial charge in [-0.3, -0.25) is 10.1 Å². The molecule has 1 aromatic rings. The first-order valence-electron chi connectivity index (χ1n) is 6.14. The molecule has 106 valence electrons. The number of nitrogens with one attached hydrogen (secondary N) is 1. The van der Waals surface area contributed by atoms with E-state index in [4.69, 9.17) is 0 Å². The summed E-state index contributed by atoms with van der Waals surface area (Å²) >= 11 is 0. The van der Waals surface area contributed by atoms with Crippen molar-refractivity contribution in [2.45, 2.75) is 6.42 Å². The molecule has 1 rings (SSSR count). The van der Waals surface area contributed by atoms with Gasteiger partial charge in [0.1, 0.15) is 5.82 Å². The van der Waals surface area contributed by atoms with E-state index in [1.807, 2.05) is 26.0 Å². The molecule has 0 saturated carbocycles. The zero-order valence-electron chi connectivity index (χ0n) is 11.9. The Labute approximate surface area is 113 Å². The molecule has 0 bridgehead atoms. The highest BCUT2D eigenvalue weighted by atomic mass is 16.6. The molecule has 7 nitrogen and oxygen atoms in total. The molecule has 0 saturated heterocycles. The molecule has 0 aliphatic carbocycles. The van der Waals surface area contributed by atoms with Gasteiger partial charge in [0.15, 0.2) is 0 Å². The number of rotatable bonds is 7. The van der Waals surface area contributed by atoms with Crippen LogP contribution >= 0.6 is 0 Å². The molecule has 0 atom stereocenters. The molecular weight excluding hydrogens is 246 g/mol. The van der Waals surface area contributed by atoms with Crippen LogP contribution in [0.15, 0.2) is 12.1 Å². The first-order valence-corrected chi connectivity index (χ1v) is 6.14. The van der Waals surface area contributed by atoms with Gasteiger partial charge in [-0.15, -0.1) is 0 Å². The van der Waals surface area contributed by atoms with Crippen molar-refractivity contribution in [3.05, 3.63) is 22.2 Å². The van der Waals surface area contributed by atoms with Crippen LogP contribution in [-0.2, 0) is 0 Å². The minimum atomic E-state index is -0.399. The summed E-state index contributed by atoms with van der Waals surface area (Å²) in [6.45, 7) is 1.66. The number of nitrogens with zero attached hydrogens (tertiary/aromatic N) is 4. The molecule has 0 amide bonds. The van der Waals surface area contributed by atoms with E-state index in [9.17, 15) is 10.1 Å². The number of hydrogen-bond donors (Lipinski definition) is 1. The third-order valence-electron chi connectivity index (χ3n) is 2.77. The fourth-order valence-corrected chi connectivity index (χ4v) is 1.73. The lowest BCUT2D eigenvalue weighted by Gasteiger charge is -2.19. The van der Waals surface area contributed by atoms with E-state index < -0.39 is 4.92 Å². The second-order valence-electron chi connectivity index (χ2n) is 4.62. The van der Waals surface area contributed by atoms with Crippen LogP contribution in [0.1, 0.15) is 6.42 Å². The summed E-state index contributed by atoms with van der Waals surface area (Å²) < 4.78 is 0. The molecule has 0 aromatic carbocycles. The summed E-state index contributed by atoms with van der Waals surface area (Å²) in [5, 5.41) is 13.9. The Kier molecular flexibility index (Phi) is 5.50. The smallest absolute Gasteiger partial charge is 0.311 e. The molecule has 1 aromatic heterocycles. The standard InChI is InChI=1S/C12H21N5O2/c1-13-11-7-6-10(17(18)19)12(14-11)16(4)9-5-8-15(2)3/h6-7H,5,8-9H2,1-4H3,(H,13,14). The average Bonchev–Trinajstić information content (AvgIpc) is 2.37. The van der Waals surface area contributed by atoms with Gasteiger partial charge in [-0.1, -0.05) is 0 Å². The maximum Gasteiger partial charge on any atom is 0.311 e. The third kappa shape index (κ3) is 4.36. The Morgan fingerprint density at radius 3 is 2.53 bits per heavy atom. The normalized spacial score (nSPS) is 10.6. The van der Waals surface area contributed by atoms with Crippen LogP contribution in [0, 0.1) is 10.1 Å². The number of pyridine rings is 1. The lowest BCUT2D eigenvalue weighted by molar-refractivity contribution is -0.384. The fraction of sp³-hybridized carbons (Fsp3) is 0.583. The lowest BCUT2D eigenvalue weighted by atomic mass is 10.3. The minimum Gasteiger partial charge on any atom is -0.373 e. The second-order valence-corrected chi connectivity index (χ2v) is 4.62. The topological polar surface area (TPSA) is 74.5 Å². The summed E-state index contributed by atoms with van der Waals surface area (Å²) in [4.78, 5) is 18.8. The summed E-state index contributed by atoms with van der Waals surface area (Å²) in [5.74, 6) is 1.02. The number of hydrogen-bond acceptors (Lipinski definition) is 6. The van der Waals surface area contributed by atoms with Crippen LogP contribution < -0.4 is 10.2 Å². The van der Waals surface area contributed by atoms with Gasteiger partial charge in [0, 0.05) is 26.7 Å². The predicted molar refractivity (Wildman–Crippen MR) is 76.9 cm³/mol. The van der Waals surface area contributed by atoms with E-state index in [0.29, 0.717) is 11.6 Å². The Morgan fingerprint density at radius 2 is 2.00 bits per heavy atom. The summed E-state index contributed by atoms with van der Waals surface area (Å²) in [6.07, 6.45) is 0.923. The lowest BCUT2D eigenvalue weighted by Crippen LogP contribution is -2.25. The largest absolute Gasteiger partial charge is 0.373 e. The van der Waals surface area contributed by atoms with Crippen molar-refractivity contribution < 1.29 is 4.92 Å². The van der Waals surface area contributed by atoms with Gasteiger partial charge in [-0.05, 0) is 33.1 Å². The van der Waals surface area contributed by atoms with Crippen LogP contribution in [0.2, 0.25) is 0 Å². The van der Waals surface area contributed by atoms with E-state index in [2.05, 4.69) is 15.2 Å². The molecule has 7 heteroatoms. The first-order chi connectivity index (χ1) is 8.95. The van der Waals surface area contributed by atoms with Crippen molar-refractivity contribution >= 4 is 17.3 Å². The Hall–Kier alpha value is -1.89. The molecule has 0 radical (unpaired) electrons. The van der Waals surface area contributed by atoms with Crippen molar-refractivity contribution in [3.63, 3.8) is 0 Å². The third-order valence-corrected chi connectivity index (χ3v) is 2.77. The fourth-order valence-electron chi connectivity index (χ4n) is 1.73. The van der Waals surface area contributed by atoms with Crippen molar-refractivity contribution in [2.75, 3.05) is 51.5 Å². The zero-order chi connectivity index (χ0) is 14.4. The van der Waals surface area contributed by atoms with Gasteiger partial charge >= 0.3 is 5.69 Å². The van der Waals surface area contributed by atoms with Crippen molar-refractivity contribution in [2.24, 2.45) is 0 Å². The highest BCUT2D eigenvalue weighted by molar-refractivity contribution is 5.61. The van der Waals surface area contributed by atoms with Crippen LogP contribution in [-0.4, -0.2) is 56.1 Å². The first kappa shape index (κ1) is 15.2.